The highest BCUT2D eigenvalue weighted by molar-refractivity contribution is 6.83. The lowest BCUT2D eigenvalue weighted by Crippen LogP contribution is -2.51. The van der Waals surface area contributed by atoms with E-state index in [0.717, 1.165) is 18.7 Å². The van der Waals surface area contributed by atoms with Gasteiger partial charge in [0.2, 0.25) is 0 Å². The van der Waals surface area contributed by atoms with Crippen molar-refractivity contribution in [3.63, 3.8) is 0 Å². The van der Waals surface area contributed by atoms with E-state index in [9.17, 15) is 0 Å². The fourth-order valence-corrected chi connectivity index (χ4v) is 9.54. The third-order valence-electron chi connectivity index (χ3n) is 2.76. The molecular formula is C11H28O3Si2. The van der Waals surface area contributed by atoms with E-state index in [-0.39, 0.29) is 0 Å². The summed E-state index contributed by atoms with van der Waals surface area (Å²) in [4.78, 5) is 0. The SMILES string of the molecule is COC[Si](CC[Si](C)(C)C)(COC)COC. The van der Waals surface area contributed by atoms with Crippen LogP contribution in [0.5, 0.6) is 0 Å². The second-order valence-electron chi connectivity index (χ2n) is 5.86. The molecule has 0 radical (unpaired) electrons. The predicted octanol–water partition coefficient (Wildman–Crippen LogP) is 2.33. The van der Waals surface area contributed by atoms with E-state index in [1.807, 2.05) is 0 Å². The van der Waals surface area contributed by atoms with Crippen molar-refractivity contribution in [3.05, 3.63) is 0 Å². The molecule has 0 amide bonds. The Labute approximate surface area is 102 Å². The zero-order chi connectivity index (χ0) is 12.7. The summed E-state index contributed by atoms with van der Waals surface area (Å²) in [6.07, 6.45) is 2.54. The van der Waals surface area contributed by atoms with Gasteiger partial charge in [-0.25, -0.2) is 0 Å². The Balaban J connectivity index is 4.46. The lowest BCUT2D eigenvalue weighted by Gasteiger charge is -2.31. The molecule has 0 aliphatic heterocycles. The molecule has 98 valence electrons. The van der Waals surface area contributed by atoms with Gasteiger partial charge in [0.15, 0.2) is 0 Å². The van der Waals surface area contributed by atoms with E-state index in [1.165, 1.54) is 12.1 Å². The van der Waals surface area contributed by atoms with Gasteiger partial charge >= 0.3 is 0 Å². The van der Waals surface area contributed by atoms with Gasteiger partial charge < -0.3 is 14.2 Å². The first-order valence-corrected chi connectivity index (χ1v) is 12.4. The molecule has 0 aliphatic rings. The maximum absolute atomic E-state index is 5.39. The van der Waals surface area contributed by atoms with Gasteiger partial charge in [-0.2, -0.15) is 0 Å². The molecule has 0 aliphatic carbocycles. The van der Waals surface area contributed by atoms with E-state index < -0.39 is 16.1 Å². The van der Waals surface area contributed by atoms with Crippen LogP contribution in [-0.4, -0.2) is 56.2 Å². The zero-order valence-corrected chi connectivity index (χ0v) is 13.8. The first-order chi connectivity index (χ1) is 7.39. The van der Waals surface area contributed by atoms with Crippen LogP contribution >= 0.6 is 0 Å². The highest BCUT2D eigenvalue weighted by Crippen LogP contribution is 2.21. The van der Waals surface area contributed by atoms with Gasteiger partial charge in [-0.3, -0.25) is 0 Å². The summed E-state index contributed by atoms with van der Waals surface area (Å²) in [5.74, 6) is 0. The highest BCUT2D eigenvalue weighted by Gasteiger charge is 2.35. The van der Waals surface area contributed by atoms with Gasteiger partial charge in [0, 0.05) is 48.1 Å². The molecule has 0 spiro atoms. The topological polar surface area (TPSA) is 27.7 Å². The fraction of sp³-hybridized carbons (Fsp3) is 1.00. The molecule has 0 unspecified atom stereocenters. The number of ether oxygens (including phenoxy) is 3. The molecule has 0 aromatic carbocycles. The van der Waals surface area contributed by atoms with Crippen LogP contribution in [0.15, 0.2) is 0 Å². The van der Waals surface area contributed by atoms with E-state index in [0.29, 0.717) is 0 Å². The quantitative estimate of drug-likeness (QED) is 0.598. The smallest absolute Gasteiger partial charge is 0.140 e. The molecule has 0 saturated carbocycles. The van der Waals surface area contributed by atoms with Crippen LogP contribution in [0.2, 0.25) is 31.7 Å². The Hall–Kier alpha value is 0.314. The summed E-state index contributed by atoms with van der Waals surface area (Å²) in [5.41, 5.74) is 0. The average molecular weight is 265 g/mol. The van der Waals surface area contributed by atoms with Crippen molar-refractivity contribution in [2.75, 3.05) is 40.0 Å². The van der Waals surface area contributed by atoms with Crippen molar-refractivity contribution < 1.29 is 14.2 Å². The Morgan fingerprint density at radius 3 is 1.31 bits per heavy atom. The summed E-state index contributed by atoms with van der Waals surface area (Å²) in [6.45, 7) is 7.25. The van der Waals surface area contributed by atoms with Crippen molar-refractivity contribution >= 4 is 16.1 Å². The minimum atomic E-state index is -1.54. The monoisotopic (exact) mass is 264 g/mol. The number of hydrogen-bond acceptors (Lipinski definition) is 3. The maximum atomic E-state index is 5.39. The molecule has 0 rings (SSSR count). The summed E-state index contributed by atoms with van der Waals surface area (Å²) in [5, 5.41) is 0. The van der Waals surface area contributed by atoms with E-state index in [4.69, 9.17) is 14.2 Å². The molecule has 0 atom stereocenters. The van der Waals surface area contributed by atoms with Crippen LogP contribution in [0.1, 0.15) is 0 Å². The van der Waals surface area contributed by atoms with Gasteiger partial charge in [0.05, 0.1) is 0 Å². The van der Waals surface area contributed by atoms with Gasteiger partial charge in [-0.05, 0) is 0 Å². The Morgan fingerprint density at radius 2 is 1.06 bits per heavy atom. The lowest BCUT2D eigenvalue weighted by atomic mass is 10.9. The first kappa shape index (κ1) is 16.3. The van der Waals surface area contributed by atoms with Crippen molar-refractivity contribution in [2.45, 2.75) is 31.7 Å². The fourth-order valence-electron chi connectivity index (χ4n) is 1.90. The Morgan fingerprint density at radius 1 is 0.688 bits per heavy atom. The molecular weight excluding hydrogens is 236 g/mol. The molecule has 0 N–H and O–H groups in total. The summed E-state index contributed by atoms with van der Waals surface area (Å²) in [6, 6.07) is 2.60. The van der Waals surface area contributed by atoms with Gasteiger partial charge in [-0.15, -0.1) is 0 Å². The van der Waals surface area contributed by atoms with Crippen molar-refractivity contribution in [3.8, 4) is 0 Å². The van der Waals surface area contributed by atoms with Crippen LogP contribution in [0, 0.1) is 0 Å². The Kier molecular flexibility index (Phi) is 7.75. The molecule has 0 fully saturated rings. The largest absolute Gasteiger partial charge is 0.388 e. The summed E-state index contributed by atoms with van der Waals surface area (Å²) < 4.78 is 16.2. The van der Waals surface area contributed by atoms with Crippen LogP contribution in [0.4, 0.5) is 0 Å². The number of rotatable bonds is 9. The second kappa shape index (κ2) is 7.60. The standard InChI is InChI=1S/C11H28O3Si2/c1-12-9-16(10-13-2,11-14-3)8-7-15(4,5)6/h7-11H2,1-6H3. The Bertz CT molecular complexity index is 164. The van der Waals surface area contributed by atoms with Crippen LogP contribution in [-0.2, 0) is 14.2 Å². The minimum absolute atomic E-state index is 0.846. The van der Waals surface area contributed by atoms with Crippen LogP contribution < -0.4 is 0 Å². The minimum Gasteiger partial charge on any atom is -0.388 e. The van der Waals surface area contributed by atoms with Crippen LogP contribution in [0.25, 0.3) is 0 Å². The zero-order valence-electron chi connectivity index (χ0n) is 11.8. The predicted molar refractivity (Wildman–Crippen MR) is 74.3 cm³/mol. The molecule has 0 heterocycles. The van der Waals surface area contributed by atoms with Gasteiger partial charge in [0.25, 0.3) is 0 Å². The second-order valence-corrected chi connectivity index (χ2v) is 15.8. The summed E-state index contributed by atoms with van der Waals surface area (Å²) in [7, 11) is 2.81. The third-order valence-corrected chi connectivity index (χ3v) is 9.02. The molecule has 16 heavy (non-hydrogen) atoms. The molecule has 5 heteroatoms. The third kappa shape index (κ3) is 6.80. The molecule has 0 aromatic rings. The van der Waals surface area contributed by atoms with Crippen molar-refractivity contribution in [1.82, 2.24) is 0 Å². The molecule has 0 saturated heterocycles. The van der Waals surface area contributed by atoms with Gasteiger partial charge in [0.1, 0.15) is 8.07 Å². The van der Waals surface area contributed by atoms with E-state index >= 15 is 0 Å². The summed E-state index contributed by atoms with van der Waals surface area (Å²) >= 11 is 0. The lowest BCUT2D eigenvalue weighted by molar-refractivity contribution is 0.189. The van der Waals surface area contributed by atoms with E-state index in [2.05, 4.69) is 19.6 Å². The number of methoxy groups -OCH3 is 3. The first-order valence-electron chi connectivity index (χ1n) is 5.86. The van der Waals surface area contributed by atoms with Crippen molar-refractivity contribution in [1.29, 1.82) is 0 Å². The van der Waals surface area contributed by atoms with Crippen LogP contribution in [0.3, 0.4) is 0 Å². The van der Waals surface area contributed by atoms with Crippen molar-refractivity contribution in [2.24, 2.45) is 0 Å². The molecule has 3 nitrogen and oxygen atoms in total. The maximum Gasteiger partial charge on any atom is 0.140 e. The molecule has 0 aromatic heterocycles. The number of hydrogen-bond donors (Lipinski definition) is 0. The average Bonchev–Trinajstić information content (AvgIpc) is 2.15. The molecule has 0 bridgehead atoms. The van der Waals surface area contributed by atoms with E-state index in [1.54, 1.807) is 21.3 Å². The van der Waals surface area contributed by atoms with Gasteiger partial charge in [-0.1, -0.05) is 31.7 Å². The highest BCUT2D eigenvalue weighted by atomic mass is 28.3. The normalized spacial score (nSPS) is 13.1.